The van der Waals surface area contributed by atoms with Crippen LogP contribution in [0.4, 0.5) is 0 Å². The molecule has 0 unspecified atom stereocenters. The van der Waals surface area contributed by atoms with Crippen molar-refractivity contribution in [1.29, 1.82) is 0 Å². The van der Waals surface area contributed by atoms with Gasteiger partial charge in [0, 0.05) is 30.9 Å². The largest absolute Gasteiger partial charge is 0.355 e. The smallest absolute Gasteiger partial charge is 0.221 e. The fourth-order valence-electron chi connectivity index (χ4n) is 1.97. The van der Waals surface area contributed by atoms with Crippen molar-refractivity contribution in [2.75, 3.05) is 26.2 Å². The zero-order valence-corrected chi connectivity index (χ0v) is 11.4. The molecular weight excluding hydrogens is 248 g/mol. The summed E-state index contributed by atoms with van der Waals surface area (Å²) in [4.78, 5) is 27.4. The highest BCUT2D eigenvalue weighted by Gasteiger charge is 2.17. The van der Waals surface area contributed by atoms with Gasteiger partial charge in [0.1, 0.15) is 0 Å². The predicted octanol–water partition coefficient (Wildman–Crippen LogP) is 1.32. The molecule has 98 valence electrons. The Hall–Kier alpha value is -1.20. The Morgan fingerprint density at radius 3 is 3.00 bits per heavy atom. The lowest BCUT2D eigenvalue weighted by atomic mass is 10.2. The molecule has 2 rings (SSSR count). The Morgan fingerprint density at radius 1 is 1.44 bits per heavy atom. The third-order valence-electron chi connectivity index (χ3n) is 3.06. The van der Waals surface area contributed by atoms with Gasteiger partial charge in [-0.05, 0) is 18.6 Å². The molecule has 0 atom stereocenters. The summed E-state index contributed by atoms with van der Waals surface area (Å²) in [5, 5.41) is 2.81. The van der Waals surface area contributed by atoms with Crippen molar-refractivity contribution in [3.63, 3.8) is 0 Å². The summed E-state index contributed by atoms with van der Waals surface area (Å²) in [7, 11) is 0. The van der Waals surface area contributed by atoms with Gasteiger partial charge >= 0.3 is 0 Å². The van der Waals surface area contributed by atoms with Crippen molar-refractivity contribution >= 4 is 23.0 Å². The number of hydrogen-bond donors (Lipinski definition) is 1. The minimum atomic E-state index is 0.0781. The Balaban J connectivity index is 1.92. The van der Waals surface area contributed by atoms with Crippen LogP contribution in [0.1, 0.15) is 27.9 Å². The second-order valence-corrected chi connectivity index (χ2v) is 5.59. The van der Waals surface area contributed by atoms with Crippen molar-refractivity contribution in [3.05, 3.63) is 21.9 Å². The number of hydrogen-bond acceptors (Lipinski definition) is 4. The predicted molar refractivity (Wildman–Crippen MR) is 72.1 cm³/mol. The van der Waals surface area contributed by atoms with Gasteiger partial charge in [0.15, 0.2) is 5.78 Å². The molecule has 0 bridgehead atoms. The standard InChI is InChI=1S/C13H18N2O2S/c1-2-10-3-4-12(18-10)11(16)9-15-7-5-13(17)14-6-8-15/h3-4H,2,5-9H2,1H3,(H,14,17). The number of ketones is 1. The van der Waals surface area contributed by atoms with Crippen molar-refractivity contribution in [2.24, 2.45) is 0 Å². The highest BCUT2D eigenvalue weighted by atomic mass is 32.1. The summed E-state index contributed by atoms with van der Waals surface area (Å²) in [5.74, 6) is 0.239. The van der Waals surface area contributed by atoms with E-state index in [9.17, 15) is 9.59 Å². The number of thiophene rings is 1. The Labute approximate surface area is 111 Å². The first-order valence-corrected chi connectivity index (χ1v) is 7.11. The van der Waals surface area contributed by atoms with Crippen LogP contribution in [0.3, 0.4) is 0 Å². The maximum Gasteiger partial charge on any atom is 0.221 e. The van der Waals surface area contributed by atoms with E-state index in [1.54, 1.807) is 11.3 Å². The van der Waals surface area contributed by atoms with Crippen LogP contribution in [0.2, 0.25) is 0 Å². The van der Waals surface area contributed by atoms with Crippen LogP contribution in [-0.4, -0.2) is 42.8 Å². The summed E-state index contributed by atoms with van der Waals surface area (Å²) >= 11 is 1.58. The fourth-order valence-corrected chi connectivity index (χ4v) is 2.85. The molecule has 1 aliphatic heterocycles. The van der Waals surface area contributed by atoms with E-state index in [2.05, 4.69) is 12.2 Å². The molecule has 1 fully saturated rings. The number of rotatable bonds is 4. The maximum absolute atomic E-state index is 12.1. The zero-order chi connectivity index (χ0) is 13.0. The topological polar surface area (TPSA) is 49.4 Å². The molecule has 1 amide bonds. The molecule has 2 heterocycles. The molecule has 0 spiro atoms. The third-order valence-corrected chi connectivity index (χ3v) is 4.33. The molecule has 0 aliphatic carbocycles. The lowest BCUT2D eigenvalue weighted by Crippen LogP contribution is -2.32. The lowest BCUT2D eigenvalue weighted by Gasteiger charge is -2.17. The van der Waals surface area contributed by atoms with E-state index in [0.29, 0.717) is 26.1 Å². The Kier molecular flexibility index (Phi) is 4.49. The van der Waals surface area contributed by atoms with Gasteiger partial charge in [0.2, 0.25) is 5.91 Å². The molecule has 18 heavy (non-hydrogen) atoms. The van der Waals surface area contributed by atoms with Gasteiger partial charge in [-0.25, -0.2) is 0 Å². The van der Waals surface area contributed by atoms with Crippen LogP contribution in [0.25, 0.3) is 0 Å². The first-order valence-electron chi connectivity index (χ1n) is 6.30. The van der Waals surface area contributed by atoms with Gasteiger partial charge in [-0.15, -0.1) is 11.3 Å². The van der Waals surface area contributed by atoms with Crippen molar-refractivity contribution < 1.29 is 9.59 Å². The van der Waals surface area contributed by atoms with Crippen molar-refractivity contribution in [2.45, 2.75) is 19.8 Å². The summed E-state index contributed by atoms with van der Waals surface area (Å²) in [6, 6.07) is 3.93. The molecule has 0 saturated carbocycles. The summed E-state index contributed by atoms with van der Waals surface area (Å²) in [6.45, 7) is 4.56. The molecule has 1 aliphatic rings. The quantitative estimate of drug-likeness (QED) is 0.836. The van der Waals surface area contributed by atoms with E-state index in [1.165, 1.54) is 4.88 Å². The number of aryl methyl sites for hydroxylation is 1. The number of nitrogens with zero attached hydrogens (tertiary/aromatic N) is 1. The summed E-state index contributed by atoms with van der Waals surface area (Å²) < 4.78 is 0. The van der Waals surface area contributed by atoms with Crippen LogP contribution in [-0.2, 0) is 11.2 Å². The molecule has 0 radical (unpaired) electrons. The lowest BCUT2D eigenvalue weighted by molar-refractivity contribution is -0.120. The normalized spacial score (nSPS) is 17.3. The summed E-state index contributed by atoms with van der Waals surface area (Å²) in [6.07, 6.45) is 1.46. The molecule has 0 aromatic carbocycles. The number of Topliss-reactive ketones (excluding diaryl/α,β-unsaturated/α-hetero) is 1. The number of amides is 1. The first kappa shape index (κ1) is 13.2. The van der Waals surface area contributed by atoms with E-state index >= 15 is 0 Å². The van der Waals surface area contributed by atoms with E-state index < -0.39 is 0 Å². The van der Waals surface area contributed by atoms with Crippen LogP contribution in [0, 0.1) is 0 Å². The molecule has 1 saturated heterocycles. The number of carbonyl (C=O) groups is 2. The molecule has 1 aromatic heterocycles. The zero-order valence-electron chi connectivity index (χ0n) is 10.6. The number of nitrogens with one attached hydrogen (secondary N) is 1. The average molecular weight is 266 g/mol. The van der Waals surface area contributed by atoms with Gasteiger partial charge in [-0.1, -0.05) is 6.92 Å². The van der Waals surface area contributed by atoms with Crippen LogP contribution >= 0.6 is 11.3 Å². The molecule has 1 aromatic rings. The SMILES string of the molecule is CCc1ccc(C(=O)CN2CCNC(=O)CC2)s1. The van der Waals surface area contributed by atoms with Crippen LogP contribution in [0.15, 0.2) is 12.1 Å². The van der Waals surface area contributed by atoms with Gasteiger partial charge < -0.3 is 5.32 Å². The minimum absolute atomic E-state index is 0.0781. The van der Waals surface area contributed by atoms with Crippen LogP contribution < -0.4 is 5.32 Å². The Bertz CT molecular complexity index is 442. The number of carbonyl (C=O) groups excluding carboxylic acids is 2. The van der Waals surface area contributed by atoms with Crippen molar-refractivity contribution in [3.8, 4) is 0 Å². The second kappa shape index (κ2) is 6.11. The van der Waals surface area contributed by atoms with Gasteiger partial charge in [-0.2, -0.15) is 0 Å². The highest BCUT2D eigenvalue weighted by Crippen LogP contribution is 2.17. The molecule has 4 nitrogen and oxygen atoms in total. The molecular formula is C13H18N2O2S. The minimum Gasteiger partial charge on any atom is -0.355 e. The third kappa shape index (κ3) is 3.40. The average Bonchev–Trinajstić information content (AvgIpc) is 2.76. The van der Waals surface area contributed by atoms with Crippen molar-refractivity contribution in [1.82, 2.24) is 10.2 Å². The second-order valence-electron chi connectivity index (χ2n) is 4.42. The molecule has 5 heteroatoms. The van der Waals surface area contributed by atoms with Gasteiger partial charge in [-0.3, -0.25) is 14.5 Å². The highest BCUT2D eigenvalue weighted by molar-refractivity contribution is 7.14. The van der Waals surface area contributed by atoms with E-state index in [1.807, 2.05) is 17.0 Å². The monoisotopic (exact) mass is 266 g/mol. The van der Waals surface area contributed by atoms with Crippen LogP contribution in [0.5, 0.6) is 0 Å². The fraction of sp³-hybridized carbons (Fsp3) is 0.538. The summed E-state index contributed by atoms with van der Waals surface area (Å²) in [5.41, 5.74) is 0. The maximum atomic E-state index is 12.1. The van der Waals surface area contributed by atoms with Gasteiger partial charge in [0.05, 0.1) is 11.4 Å². The first-order chi connectivity index (χ1) is 8.69. The van der Waals surface area contributed by atoms with Gasteiger partial charge in [0.25, 0.3) is 0 Å². The Morgan fingerprint density at radius 2 is 2.28 bits per heavy atom. The van der Waals surface area contributed by atoms with E-state index in [0.717, 1.165) is 17.8 Å². The van der Waals surface area contributed by atoms with E-state index in [4.69, 9.17) is 0 Å². The molecule has 1 N–H and O–H groups in total. The van der Waals surface area contributed by atoms with E-state index in [-0.39, 0.29) is 11.7 Å².